The van der Waals surface area contributed by atoms with Gasteiger partial charge in [0.25, 0.3) is 0 Å². The normalized spacial score (nSPS) is 13.9. The lowest BCUT2D eigenvalue weighted by atomic mass is 10.2. The van der Waals surface area contributed by atoms with Gasteiger partial charge in [0.15, 0.2) is 17.4 Å². The molecule has 5 heteroatoms. The molecule has 0 aliphatic carbocycles. The van der Waals surface area contributed by atoms with Crippen LogP contribution in [-0.4, -0.2) is 21.3 Å². The van der Waals surface area contributed by atoms with Gasteiger partial charge < -0.3 is 13.9 Å². The number of aliphatic imine (C=N–C) groups is 1. The molecule has 0 N–H and O–H groups in total. The predicted molar refractivity (Wildman–Crippen MR) is 73.7 cm³/mol. The summed E-state index contributed by atoms with van der Waals surface area (Å²) < 4.78 is 16.3. The number of ether oxygens (including phenoxy) is 2. The molecule has 0 radical (unpaired) electrons. The summed E-state index contributed by atoms with van der Waals surface area (Å²) in [6.07, 6.45) is 1.69. The summed E-state index contributed by atoms with van der Waals surface area (Å²) in [5, 5.41) is 0. The number of benzene rings is 1. The van der Waals surface area contributed by atoms with Gasteiger partial charge in [0.1, 0.15) is 0 Å². The Hall–Kier alpha value is -1.75. The van der Waals surface area contributed by atoms with Gasteiger partial charge in [-0.15, -0.1) is 0 Å². The van der Waals surface area contributed by atoms with Crippen molar-refractivity contribution in [3.63, 3.8) is 0 Å². The molecule has 1 aromatic rings. The van der Waals surface area contributed by atoms with Crippen LogP contribution in [0.4, 0.5) is 0 Å². The van der Waals surface area contributed by atoms with E-state index in [-0.39, 0.29) is 6.79 Å². The number of rotatable bonds is 4. The first kappa shape index (κ1) is 12.7. The SMILES string of the molecule is C=C(/N=C/c1cccc2c1OCO2)O[Si](C)(C)C. The van der Waals surface area contributed by atoms with E-state index in [1.54, 1.807) is 6.21 Å². The van der Waals surface area contributed by atoms with E-state index in [9.17, 15) is 0 Å². The minimum atomic E-state index is -1.65. The van der Waals surface area contributed by atoms with Gasteiger partial charge in [0.05, 0.1) is 0 Å². The molecule has 0 atom stereocenters. The molecule has 18 heavy (non-hydrogen) atoms. The lowest BCUT2D eigenvalue weighted by molar-refractivity contribution is 0.174. The summed E-state index contributed by atoms with van der Waals surface area (Å²) in [4.78, 5) is 4.21. The molecule has 1 aliphatic rings. The third kappa shape index (κ3) is 3.13. The lowest BCUT2D eigenvalue weighted by Crippen LogP contribution is -2.24. The van der Waals surface area contributed by atoms with E-state index in [1.807, 2.05) is 18.2 Å². The standard InChI is InChI=1S/C13H17NO3Si/c1-10(17-18(2,3)4)14-8-11-6-5-7-12-13(11)16-9-15-12/h5-8H,1,9H2,2-4H3/b14-8+. The summed E-state index contributed by atoms with van der Waals surface area (Å²) in [6.45, 7) is 10.3. The minimum Gasteiger partial charge on any atom is -0.532 e. The largest absolute Gasteiger partial charge is 0.532 e. The number of hydrogen-bond acceptors (Lipinski definition) is 4. The van der Waals surface area contributed by atoms with Gasteiger partial charge in [-0.1, -0.05) is 6.07 Å². The molecule has 96 valence electrons. The Bertz CT molecular complexity index is 491. The highest BCUT2D eigenvalue weighted by Crippen LogP contribution is 2.34. The number of nitrogens with zero attached hydrogens (tertiary/aromatic N) is 1. The summed E-state index contributed by atoms with van der Waals surface area (Å²) >= 11 is 0. The summed E-state index contributed by atoms with van der Waals surface area (Å²) in [5.74, 6) is 1.91. The zero-order chi connectivity index (χ0) is 13.2. The zero-order valence-electron chi connectivity index (χ0n) is 10.9. The highest BCUT2D eigenvalue weighted by molar-refractivity contribution is 6.70. The van der Waals surface area contributed by atoms with E-state index in [1.165, 1.54) is 0 Å². The van der Waals surface area contributed by atoms with Crippen molar-refractivity contribution in [1.29, 1.82) is 0 Å². The highest BCUT2D eigenvalue weighted by Gasteiger charge is 2.17. The lowest BCUT2D eigenvalue weighted by Gasteiger charge is -2.17. The van der Waals surface area contributed by atoms with Crippen LogP contribution in [0.5, 0.6) is 11.5 Å². The van der Waals surface area contributed by atoms with Crippen LogP contribution in [-0.2, 0) is 4.43 Å². The monoisotopic (exact) mass is 263 g/mol. The second-order valence-corrected chi connectivity index (χ2v) is 9.38. The summed E-state index contributed by atoms with van der Waals surface area (Å²) in [6, 6.07) is 5.68. The molecule has 0 spiro atoms. The summed E-state index contributed by atoms with van der Waals surface area (Å²) in [7, 11) is -1.65. The molecule has 0 bridgehead atoms. The fourth-order valence-electron chi connectivity index (χ4n) is 1.58. The first-order valence-electron chi connectivity index (χ1n) is 5.76. The van der Waals surface area contributed by atoms with E-state index in [2.05, 4.69) is 31.2 Å². The highest BCUT2D eigenvalue weighted by atomic mass is 28.4. The molecule has 2 rings (SSSR count). The molecule has 1 aromatic carbocycles. The average Bonchev–Trinajstić information content (AvgIpc) is 2.72. The van der Waals surface area contributed by atoms with Crippen molar-refractivity contribution < 1.29 is 13.9 Å². The van der Waals surface area contributed by atoms with E-state index in [0.717, 1.165) is 17.1 Å². The second kappa shape index (κ2) is 4.86. The van der Waals surface area contributed by atoms with Gasteiger partial charge in [0.2, 0.25) is 15.1 Å². The first-order chi connectivity index (χ1) is 8.46. The first-order valence-corrected chi connectivity index (χ1v) is 9.17. The molecule has 4 nitrogen and oxygen atoms in total. The Balaban J connectivity index is 2.10. The number of fused-ring (bicyclic) bond motifs is 1. The third-order valence-corrected chi connectivity index (χ3v) is 3.05. The van der Waals surface area contributed by atoms with E-state index in [0.29, 0.717) is 5.88 Å². The van der Waals surface area contributed by atoms with Crippen molar-refractivity contribution in [3.05, 3.63) is 36.2 Å². The molecule has 0 fully saturated rings. The van der Waals surface area contributed by atoms with Crippen LogP contribution in [0.25, 0.3) is 0 Å². The Morgan fingerprint density at radius 1 is 1.39 bits per heavy atom. The maximum Gasteiger partial charge on any atom is 0.244 e. The average molecular weight is 263 g/mol. The maximum atomic E-state index is 5.65. The van der Waals surface area contributed by atoms with Crippen LogP contribution in [0.3, 0.4) is 0 Å². The van der Waals surface area contributed by atoms with Crippen molar-refractivity contribution in [2.24, 2.45) is 4.99 Å². The molecule has 0 unspecified atom stereocenters. The molecule has 0 saturated heterocycles. The fraction of sp³-hybridized carbons (Fsp3) is 0.308. The third-order valence-electron chi connectivity index (χ3n) is 2.20. The Labute approximate surface area is 108 Å². The maximum absolute atomic E-state index is 5.65. The smallest absolute Gasteiger partial charge is 0.244 e. The molecule has 0 amide bonds. The van der Waals surface area contributed by atoms with Crippen LogP contribution in [0.15, 0.2) is 35.7 Å². The van der Waals surface area contributed by atoms with Crippen LogP contribution >= 0.6 is 0 Å². The molecule has 0 saturated carbocycles. The van der Waals surface area contributed by atoms with Crippen molar-refractivity contribution in [2.45, 2.75) is 19.6 Å². The topological polar surface area (TPSA) is 40.0 Å². The van der Waals surface area contributed by atoms with E-state index >= 15 is 0 Å². The molecular weight excluding hydrogens is 246 g/mol. The summed E-state index contributed by atoms with van der Waals surface area (Å²) in [5.41, 5.74) is 0.866. The Kier molecular flexibility index (Phi) is 3.42. The number of para-hydroxylation sites is 1. The minimum absolute atomic E-state index is 0.256. The fourth-order valence-corrected chi connectivity index (χ4v) is 2.34. The zero-order valence-corrected chi connectivity index (χ0v) is 11.9. The van der Waals surface area contributed by atoms with Gasteiger partial charge in [-0.3, -0.25) is 0 Å². The molecule has 0 aromatic heterocycles. The van der Waals surface area contributed by atoms with Crippen LogP contribution in [0.1, 0.15) is 5.56 Å². The van der Waals surface area contributed by atoms with Crippen LogP contribution in [0, 0.1) is 0 Å². The molecule has 1 aliphatic heterocycles. The van der Waals surface area contributed by atoms with Gasteiger partial charge in [0, 0.05) is 11.8 Å². The van der Waals surface area contributed by atoms with Gasteiger partial charge in [-0.05, 0) is 38.4 Å². The van der Waals surface area contributed by atoms with Crippen molar-refractivity contribution >= 4 is 14.5 Å². The molecule has 1 heterocycles. The van der Waals surface area contributed by atoms with Crippen molar-refractivity contribution in [1.82, 2.24) is 0 Å². The van der Waals surface area contributed by atoms with Gasteiger partial charge >= 0.3 is 0 Å². The molecular formula is C13H17NO3Si. The van der Waals surface area contributed by atoms with Gasteiger partial charge in [-0.25, -0.2) is 4.99 Å². The Morgan fingerprint density at radius 3 is 2.89 bits per heavy atom. The Morgan fingerprint density at radius 2 is 2.17 bits per heavy atom. The van der Waals surface area contributed by atoms with Crippen LogP contribution in [0.2, 0.25) is 19.6 Å². The van der Waals surface area contributed by atoms with Gasteiger partial charge in [-0.2, -0.15) is 0 Å². The quantitative estimate of drug-likeness (QED) is 0.476. The van der Waals surface area contributed by atoms with E-state index in [4.69, 9.17) is 13.9 Å². The van der Waals surface area contributed by atoms with Crippen LogP contribution < -0.4 is 9.47 Å². The van der Waals surface area contributed by atoms with Crippen molar-refractivity contribution in [2.75, 3.05) is 6.79 Å². The van der Waals surface area contributed by atoms with Crippen molar-refractivity contribution in [3.8, 4) is 11.5 Å². The second-order valence-electron chi connectivity index (χ2n) is 4.95. The van der Waals surface area contributed by atoms with E-state index < -0.39 is 8.32 Å². The predicted octanol–water partition coefficient (Wildman–Crippen LogP) is 3.16. The number of hydrogen-bond donors (Lipinski definition) is 0.